The molecule has 3 aliphatic rings. The Labute approximate surface area is 235 Å². The Morgan fingerprint density at radius 1 is 0.775 bits per heavy atom. The van der Waals surface area contributed by atoms with Crippen LogP contribution in [0.5, 0.6) is 0 Å². The molecular formula is C37H31N3. The molecule has 8 rings (SSSR count). The predicted molar refractivity (Wildman–Crippen MR) is 164 cm³/mol. The largest absolute Gasteiger partial charge is 0.297 e. The highest BCUT2D eigenvalue weighted by Crippen LogP contribution is 2.58. The van der Waals surface area contributed by atoms with Crippen molar-refractivity contribution in [3.8, 4) is 22.6 Å². The van der Waals surface area contributed by atoms with Crippen molar-refractivity contribution in [3.05, 3.63) is 137 Å². The van der Waals surface area contributed by atoms with Crippen LogP contribution in [0.3, 0.4) is 0 Å². The summed E-state index contributed by atoms with van der Waals surface area (Å²) in [5.74, 6) is 2.51. The van der Waals surface area contributed by atoms with Crippen molar-refractivity contribution >= 4 is 17.6 Å². The number of nitrogens with zero attached hydrogens (tertiary/aromatic N) is 3. The van der Waals surface area contributed by atoms with Crippen LogP contribution in [-0.2, 0) is 11.8 Å². The van der Waals surface area contributed by atoms with Gasteiger partial charge in [-0.15, -0.1) is 0 Å². The van der Waals surface area contributed by atoms with Crippen LogP contribution in [-0.4, -0.2) is 9.97 Å². The molecule has 2 heterocycles. The lowest BCUT2D eigenvalue weighted by Gasteiger charge is -2.30. The van der Waals surface area contributed by atoms with E-state index < -0.39 is 0 Å². The smallest absolute Gasteiger partial charge is 0.162 e. The Morgan fingerprint density at radius 3 is 2.38 bits per heavy atom. The first kappa shape index (κ1) is 23.4. The fourth-order valence-electron chi connectivity index (χ4n) is 7.33. The van der Waals surface area contributed by atoms with Crippen LogP contribution in [0.2, 0.25) is 0 Å². The Balaban J connectivity index is 1.46. The molecule has 3 nitrogen and oxygen atoms in total. The molecule has 4 aromatic carbocycles. The SMILES string of the molecule is CC1Cc2ccccc2C=C2C1c1ccccc1N2c1nc(-c2ccccc2)nc2c1C(C)(C)c1ccccc1-2. The maximum atomic E-state index is 5.45. The van der Waals surface area contributed by atoms with Gasteiger partial charge in [-0.2, -0.15) is 0 Å². The van der Waals surface area contributed by atoms with Gasteiger partial charge in [-0.1, -0.05) is 118 Å². The quantitative estimate of drug-likeness (QED) is 0.234. The topological polar surface area (TPSA) is 29.0 Å². The Bertz CT molecular complexity index is 1830. The summed E-state index contributed by atoms with van der Waals surface area (Å²) in [6.07, 6.45) is 3.48. The molecule has 0 amide bonds. The first-order chi connectivity index (χ1) is 19.5. The molecule has 194 valence electrons. The van der Waals surface area contributed by atoms with Crippen molar-refractivity contribution in [2.75, 3.05) is 4.90 Å². The first-order valence-corrected chi connectivity index (χ1v) is 14.3. The molecule has 0 N–H and O–H groups in total. The van der Waals surface area contributed by atoms with E-state index in [9.17, 15) is 0 Å². The van der Waals surface area contributed by atoms with Gasteiger partial charge < -0.3 is 0 Å². The standard InChI is InChI=1S/C37H31N3/c1-23-21-25-15-7-8-16-26(25)22-31-32(23)28-18-10-12-20-30(28)40(31)36-33-34(27-17-9-11-19-29(27)37(33,2)3)38-35(39-36)24-13-5-4-6-14-24/h4-20,22-23,32H,21H2,1-3H3. The zero-order valence-electron chi connectivity index (χ0n) is 23.1. The zero-order chi connectivity index (χ0) is 27.0. The number of hydrogen-bond donors (Lipinski definition) is 0. The second kappa shape index (κ2) is 8.50. The van der Waals surface area contributed by atoms with Gasteiger partial charge in [0, 0.05) is 33.7 Å². The molecule has 2 aliphatic carbocycles. The van der Waals surface area contributed by atoms with Crippen molar-refractivity contribution in [2.24, 2.45) is 5.92 Å². The molecule has 0 spiro atoms. The summed E-state index contributed by atoms with van der Waals surface area (Å²) in [6.45, 7) is 7.05. The molecule has 0 saturated heterocycles. The molecule has 0 saturated carbocycles. The highest BCUT2D eigenvalue weighted by atomic mass is 15.2. The molecular weight excluding hydrogens is 486 g/mol. The van der Waals surface area contributed by atoms with Gasteiger partial charge >= 0.3 is 0 Å². The molecule has 5 aromatic rings. The molecule has 2 unspecified atom stereocenters. The van der Waals surface area contributed by atoms with Crippen molar-refractivity contribution in [1.82, 2.24) is 9.97 Å². The van der Waals surface area contributed by atoms with Gasteiger partial charge in [0.2, 0.25) is 0 Å². The van der Waals surface area contributed by atoms with E-state index in [-0.39, 0.29) is 5.41 Å². The van der Waals surface area contributed by atoms with E-state index in [0.717, 1.165) is 29.3 Å². The van der Waals surface area contributed by atoms with E-state index in [1.165, 1.54) is 44.8 Å². The summed E-state index contributed by atoms with van der Waals surface area (Å²) in [7, 11) is 0. The molecule has 1 aliphatic heterocycles. The van der Waals surface area contributed by atoms with Crippen molar-refractivity contribution in [1.29, 1.82) is 0 Å². The number of aromatic nitrogens is 2. The summed E-state index contributed by atoms with van der Waals surface area (Å²) < 4.78 is 0. The van der Waals surface area contributed by atoms with Crippen molar-refractivity contribution in [2.45, 2.75) is 38.5 Å². The summed E-state index contributed by atoms with van der Waals surface area (Å²) >= 11 is 0. The van der Waals surface area contributed by atoms with Crippen LogP contribution >= 0.6 is 0 Å². The molecule has 40 heavy (non-hydrogen) atoms. The third kappa shape index (κ3) is 3.24. The minimum atomic E-state index is -0.238. The third-order valence-electron chi connectivity index (χ3n) is 9.17. The molecule has 1 aromatic heterocycles. The maximum Gasteiger partial charge on any atom is 0.162 e. The van der Waals surface area contributed by atoms with Gasteiger partial charge in [0.1, 0.15) is 5.82 Å². The number of anilines is 2. The minimum Gasteiger partial charge on any atom is -0.297 e. The van der Waals surface area contributed by atoms with Crippen LogP contribution < -0.4 is 4.90 Å². The van der Waals surface area contributed by atoms with Crippen molar-refractivity contribution in [3.63, 3.8) is 0 Å². The first-order valence-electron chi connectivity index (χ1n) is 14.3. The Kier molecular flexibility index (Phi) is 4.97. The fourth-order valence-corrected chi connectivity index (χ4v) is 7.33. The number of para-hydroxylation sites is 1. The summed E-state index contributed by atoms with van der Waals surface area (Å²) in [5, 5.41) is 0. The summed E-state index contributed by atoms with van der Waals surface area (Å²) in [4.78, 5) is 13.2. The van der Waals surface area contributed by atoms with E-state index in [1.807, 2.05) is 6.07 Å². The normalized spacial score (nSPS) is 19.6. The Morgan fingerprint density at radius 2 is 1.50 bits per heavy atom. The maximum absolute atomic E-state index is 5.45. The van der Waals surface area contributed by atoms with Crippen LogP contribution in [0.4, 0.5) is 11.5 Å². The average molecular weight is 518 g/mol. The van der Waals surface area contributed by atoms with Crippen LogP contribution in [0.25, 0.3) is 28.7 Å². The minimum absolute atomic E-state index is 0.238. The second-order valence-electron chi connectivity index (χ2n) is 12.0. The number of allylic oxidation sites excluding steroid dienone is 1. The average Bonchev–Trinajstić information content (AvgIpc) is 3.37. The zero-order valence-corrected chi connectivity index (χ0v) is 23.1. The van der Waals surface area contributed by atoms with Crippen LogP contribution in [0.15, 0.2) is 109 Å². The molecule has 0 bridgehead atoms. The monoisotopic (exact) mass is 517 g/mol. The lowest BCUT2D eigenvalue weighted by molar-refractivity contribution is 0.516. The highest BCUT2D eigenvalue weighted by molar-refractivity contribution is 5.90. The van der Waals surface area contributed by atoms with E-state index in [2.05, 4.69) is 129 Å². The predicted octanol–water partition coefficient (Wildman–Crippen LogP) is 8.92. The fraction of sp³-hybridized carbons (Fsp3) is 0.189. The van der Waals surface area contributed by atoms with E-state index >= 15 is 0 Å². The highest BCUT2D eigenvalue weighted by Gasteiger charge is 2.45. The number of hydrogen-bond acceptors (Lipinski definition) is 3. The van der Waals surface area contributed by atoms with Gasteiger partial charge in [-0.25, -0.2) is 9.97 Å². The molecule has 3 heteroatoms. The number of fused-ring (bicyclic) bond motifs is 7. The number of benzene rings is 4. The molecule has 0 fully saturated rings. The van der Waals surface area contributed by atoms with E-state index in [4.69, 9.17) is 9.97 Å². The van der Waals surface area contributed by atoms with Gasteiger partial charge in [-0.05, 0) is 46.7 Å². The second-order valence-corrected chi connectivity index (χ2v) is 12.0. The van der Waals surface area contributed by atoms with E-state index in [1.54, 1.807) is 0 Å². The number of rotatable bonds is 2. The lowest BCUT2D eigenvalue weighted by atomic mass is 9.82. The van der Waals surface area contributed by atoms with Gasteiger partial charge in [0.05, 0.1) is 11.4 Å². The molecule has 0 radical (unpaired) electrons. The van der Waals surface area contributed by atoms with Gasteiger partial charge in [0.25, 0.3) is 0 Å². The summed E-state index contributed by atoms with van der Waals surface area (Å²) in [5.41, 5.74) is 12.2. The van der Waals surface area contributed by atoms with Crippen molar-refractivity contribution < 1.29 is 0 Å². The molecule has 2 atom stereocenters. The van der Waals surface area contributed by atoms with Crippen LogP contribution in [0.1, 0.15) is 54.5 Å². The van der Waals surface area contributed by atoms with Crippen LogP contribution in [0, 0.1) is 5.92 Å². The third-order valence-corrected chi connectivity index (χ3v) is 9.17. The van der Waals surface area contributed by atoms with E-state index in [0.29, 0.717) is 11.8 Å². The Hall–Kier alpha value is -4.50. The lowest BCUT2D eigenvalue weighted by Crippen LogP contribution is -2.24. The summed E-state index contributed by atoms with van der Waals surface area (Å²) in [6, 6.07) is 37.0. The van der Waals surface area contributed by atoms with Gasteiger partial charge in [-0.3, -0.25) is 4.90 Å². The van der Waals surface area contributed by atoms with Gasteiger partial charge in [0.15, 0.2) is 5.82 Å².